The van der Waals surface area contributed by atoms with Crippen LogP contribution in [0.2, 0.25) is 0 Å². The van der Waals surface area contributed by atoms with Crippen molar-refractivity contribution in [3.05, 3.63) is 70.4 Å². The Bertz CT molecular complexity index is 1290. The van der Waals surface area contributed by atoms with Crippen LogP contribution in [0.3, 0.4) is 0 Å². The van der Waals surface area contributed by atoms with Crippen LogP contribution in [0.25, 0.3) is 17.1 Å². The third kappa shape index (κ3) is 5.45. The van der Waals surface area contributed by atoms with Gasteiger partial charge < -0.3 is 5.32 Å². The average Bonchev–Trinajstić information content (AvgIpc) is 3.45. The molecule has 0 atom stereocenters. The molecule has 176 valence electrons. The zero-order chi connectivity index (χ0) is 24.3. The highest BCUT2D eigenvalue weighted by atomic mass is 32.2. The maximum Gasteiger partial charge on any atom is 0.416 e. The third-order valence-corrected chi connectivity index (χ3v) is 6.49. The molecule has 1 amide bonds. The van der Waals surface area contributed by atoms with Gasteiger partial charge in [-0.2, -0.15) is 13.2 Å². The second-order valence-electron chi connectivity index (χ2n) is 7.47. The maximum atomic E-state index is 13.4. The number of hydrogen-bond acceptors (Lipinski definition) is 7. The first-order valence-electron chi connectivity index (χ1n) is 10.1. The lowest BCUT2D eigenvalue weighted by Gasteiger charge is -2.13. The molecule has 4 rings (SSSR count). The molecule has 0 fully saturated rings. The monoisotopic (exact) mass is 504 g/mol. The largest absolute Gasteiger partial charge is 0.416 e. The van der Waals surface area contributed by atoms with Crippen molar-refractivity contribution in [1.29, 1.82) is 0 Å². The molecule has 3 heterocycles. The van der Waals surface area contributed by atoms with Gasteiger partial charge in [-0.1, -0.05) is 17.8 Å². The zero-order valence-corrected chi connectivity index (χ0v) is 19.7. The van der Waals surface area contributed by atoms with E-state index in [-0.39, 0.29) is 17.6 Å². The Balaban J connectivity index is 1.66. The molecule has 12 heteroatoms. The predicted octanol–water partition coefficient (Wildman–Crippen LogP) is 5.24. The topological polar surface area (TPSA) is 85.6 Å². The highest BCUT2D eigenvalue weighted by Crippen LogP contribution is 2.34. The van der Waals surface area contributed by atoms with Gasteiger partial charge in [-0.15, -0.1) is 21.5 Å². The summed E-state index contributed by atoms with van der Waals surface area (Å²) < 4.78 is 41.6. The first kappa shape index (κ1) is 23.9. The van der Waals surface area contributed by atoms with E-state index in [0.29, 0.717) is 33.0 Å². The van der Waals surface area contributed by atoms with Crippen molar-refractivity contribution in [2.45, 2.75) is 37.0 Å². The molecule has 0 saturated carbocycles. The number of thioether (sulfide) groups is 1. The lowest BCUT2D eigenvalue weighted by molar-refractivity contribution is -0.137. The van der Waals surface area contributed by atoms with E-state index in [1.165, 1.54) is 29.2 Å². The highest BCUT2D eigenvalue weighted by Gasteiger charge is 2.31. The number of nitrogens with one attached hydrogen (secondary N) is 1. The van der Waals surface area contributed by atoms with Gasteiger partial charge in [0.2, 0.25) is 0 Å². The minimum atomic E-state index is -4.49. The number of pyridine rings is 1. The van der Waals surface area contributed by atoms with Crippen molar-refractivity contribution in [3.8, 4) is 17.1 Å². The van der Waals surface area contributed by atoms with Crippen molar-refractivity contribution in [1.82, 2.24) is 30.0 Å². The number of nitrogens with zero attached hydrogens (tertiary/aromatic N) is 5. The number of carbonyl (C=O) groups is 1. The summed E-state index contributed by atoms with van der Waals surface area (Å²) in [5.41, 5.74) is 0.440. The molecule has 1 aromatic carbocycles. The summed E-state index contributed by atoms with van der Waals surface area (Å²) in [6.45, 7) is 3.73. The summed E-state index contributed by atoms with van der Waals surface area (Å²) in [4.78, 5) is 20.6. The second kappa shape index (κ2) is 9.94. The summed E-state index contributed by atoms with van der Waals surface area (Å²) in [6, 6.07) is 8.46. The van der Waals surface area contributed by atoms with Crippen LogP contribution in [0.5, 0.6) is 0 Å². The lowest BCUT2D eigenvalue weighted by atomic mass is 10.2. The maximum absolute atomic E-state index is 13.4. The second-order valence-corrected chi connectivity index (χ2v) is 9.36. The van der Waals surface area contributed by atoms with Gasteiger partial charge in [-0.3, -0.25) is 14.3 Å². The SMILES string of the molecule is CC(C)NC(=O)c1csc(CSc2nnc(-c3cccnc3)n2-c2cccc(C(F)(F)F)c2)n1. The molecule has 0 unspecified atom stereocenters. The molecule has 0 bridgehead atoms. The van der Waals surface area contributed by atoms with Crippen molar-refractivity contribution < 1.29 is 18.0 Å². The Kier molecular flexibility index (Phi) is 6.98. The molecule has 34 heavy (non-hydrogen) atoms. The van der Waals surface area contributed by atoms with E-state index < -0.39 is 11.7 Å². The van der Waals surface area contributed by atoms with E-state index in [0.717, 1.165) is 12.1 Å². The van der Waals surface area contributed by atoms with Gasteiger partial charge in [0.05, 0.1) is 17.0 Å². The fourth-order valence-electron chi connectivity index (χ4n) is 3.04. The Morgan fingerprint density at radius 3 is 2.74 bits per heavy atom. The summed E-state index contributed by atoms with van der Waals surface area (Å²) in [5, 5.41) is 14.0. The molecule has 3 aromatic heterocycles. The lowest BCUT2D eigenvalue weighted by Crippen LogP contribution is -2.30. The minimum Gasteiger partial charge on any atom is -0.349 e. The Morgan fingerprint density at radius 2 is 2.03 bits per heavy atom. The van der Waals surface area contributed by atoms with Crippen molar-refractivity contribution in [2.75, 3.05) is 0 Å². The number of aromatic nitrogens is 5. The van der Waals surface area contributed by atoms with Crippen molar-refractivity contribution >= 4 is 29.0 Å². The summed E-state index contributed by atoms with van der Waals surface area (Å²) in [6.07, 6.45) is -1.32. The number of halogens is 3. The summed E-state index contributed by atoms with van der Waals surface area (Å²) in [7, 11) is 0. The normalized spacial score (nSPS) is 11.7. The van der Waals surface area contributed by atoms with Gasteiger partial charge in [0.1, 0.15) is 10.7 Å². The number of carbonyl (C=O) groups excluding carboxylic acids is 1. The van der Waals surface area contributed by atoms with Crippen molar-refractivity contribution in [2.24, 2.45) is 0 Å². The van der Waals surface area contributed by atoms with E-state index in [1.807, 2.05) is 13.8 Å². The molecule has 0 saturated heterocycles. The number of alkyl halides is 3. The molecular formula is C22H19F3N6OS2. The fraction of sp³-hybridized carbons (Fsp3) is 0.227. The summed E-state index contributed by atoms with van der Waals surface area (Å²) in [5.74, 6) is 0.476. The van der Waals surface area contributed by atoms with Crippen LogP contribution in [-0.4, -0.2) is 36.7 Å². The van der Waals surface area contributed by atoms with Gasteiger partial charge in [-0.05, 0) is 44.2 Å². The minimum absolute atomic E-state index is 0.0102. The van der Waals surface area contributed by atoms with Crippen molar-refractivity contribution in [3.63, 3.8) is 0 Å². The molecular weight excluding hydrogens is 485 g/mol. The number of rotatable bonds is 7. The van der Waals surface area contributed by atoms with Crippen LogP contribution in [0, 0.1) is 0 Å². The first-order chi connectivity index (χ1) is 16.2. The molecule has 0 aliphatic heterocycles. The molecule has 0 aliphatic carbocycles. The molecule has 7 nitrogen and oxygen atoms in total. The zero-order valence-electron chi connectivity index (χ0n) is 18.1. The van der Waals surface area contributed by atoms with E-state index in [1.54, 1.807) is 40.5 Å². The number of amides is 1. The van der Waals surface area contributed by atoms with Gasteiger partial charge >= 0.3 is 6.18 Å². The molecule has 4 aromatic rings. The van der Waals surface area contributed by atoms with E-state index >= 15 is 0 Å². The summed E-state index contributed by atoms with van der Waals surface area (Å²) >= 11 is 2.59. The fourth-order valence-corrected chi connectivity index (χ4v) is 4.79. The van der Waals surface area contributed by atoms with E-state index in [9.17, 15) is 18.0 Å². The Hall–Kier alpha value is -3.25. The Morgan fingerprint density at radius 1 is 1.21 bits per heavy atom. The van der Waals surface area contributed by atoms with Gasteiger partial charge in [-0.25, -0.2) is 4.98 Å². The van der Waals surface area contributed by atoms with Crippen LogP contribution in [-0.2, 0) is 11.9 Å². The smallest absolute Gasteiger partial charge is 0.349 e. The number of hydrogen-bond donors (Lipinski definition) is 1. The van der Waals surface area contributed by atoms with Crippen LogP contribution in [0.1, 0.15) is 34.9 Å². The standard InChI is InChI=1S/C22H19F3N6OS2/c1-13(2)27-20(32)17-11-33-18(28-17)12-34-21-30-29-19(14-5-4-8-26-10-14)31(21)16-7-3-6-15(9-16)22(23,24)25/h3-11,13H,12H2,1-2H3,(H,27,32). The number of thiazole rings is 1. The third-order valence-electron chi connectivity index (χ3n) is 4.51. The highest BCUT2D eigenvalue weighted by molar-refractivity contribution is 7.98. The van der Waals surface area contributed by atoms with E-state index in [2.05, 4.69) is 25.5 Å². The van der Waals surface area contributed by atoms with Gasteiger partial charge in [0.15, 0.2) is 11.0 Å². The molecule has 1 N–H and O–H groups in total. The molecule has 0 aliphatic rings. The Labute approximate surface area is 201 Å². The number of benzene rings is 1. The van der Waals surface area contributed by atoms with E-state index in [4.69, 9.17) is 0 Å². The van der Waals surface area contributed by atoms with Crippen LogP contribution >= 0.6 is 23.1 Å². The van der Waals surface area contributed by atoms with Crippen LogP contribution < -0.4 is 5.32 Å². The molecule has 0 spiro atoms. The van der Waals surface area contributed by atoms with Gasteiger partial charge in [0.25, 0.3) is 5.91 Å². The first-order valence-corrected chi connectivity index (χ1v) is 12.0. The predicted molar refractivity (Wildman–Crippen MR) is 124 cm³/mol. The average molecular weight is 505 g/mol. The van der Waals surface area contributed by atoms with Crippen LogP contribution in [0.15, 0.2) is 59.3 Å². The quantitative estimate of drug-likeness (QED) is 0.347. The molecule has 0 radical (unpaired) electrons. The van der Waals surface area contributed by atoms with Gasteiger partial charge in [0, 0.05) is 29.4 Å². The van der Waals surface area contributed by atoms with Crippen LogP contribution in [0.4, 0.5) is 13.2 Å².